The molecule has 186 valence electrons. The fraction of sp³-hybridized carbons (Fsp3) is 0.172. The minimum atomic E-state index is -1.09. The molecule has 1 N–H and O–H groups in total. The Balaban J connectivity index is 1.20. The number of oxazole rings is 1. The van der Waals surface area contributed by atoms with E-state index in [4.69, 9.17) is 9.15 Å². The maximum Gasteiger partial charge on any atom is 0.358 e. The van der Waals surface area contributed by atoms with Gasteiger partial charge in [-0.25, -0.2) is 9.78 Å². The number of nitrogens with zero attached hydrogens (tertiary/aromatic N) is 4. The molecule has 37 heavy (non-hydrogen) atoms. The number of rotatable bonds is 10. The van der Waals surface area contributed by atoms with Gasteiger partial charge in [-0.05, 0) is 61.7 Å². The van der Waals surface area contributed by atoms with Crippen molar-refractivity contribution in [2.45, 2.75) is 26.2 Å². The van der Waals surface area contributed by atoms with Crippen molar-refractivity contribution in [3.8, 4) is 22.9 Å². The predicted molar refractivity (Wildman–Crippen MR) is 138 cm³/mol. The van der Waals surface area contributed by atoms with Crippen LogP contribution in [-0.2, 0) is 19.3 Å². The summed E-state index contributed by atoms with van der Waals surface area (Å²) < 4.78 is 11.8. The maximum absolute atomic E-state index is 11.7. The van der Waals surface area contributed by atoms with Crippen LogP contribution in [0.5, 0.6) is 5.75 Å². The Morgan fingerprint density at radius 2 is 1.65 bits per heavy atom. The predicted octanol–water partition coefficient (Wildman–Crippen LogP) is 5.34. The normalized spacial score (nSPS) is 10.9. The first-order valence-electron chi connectivity index (χ1n) is 12.1. The minimum Gasteiger partial charge on any atom is -0.493 e. The molecule has 0 radical (unpaired) electrons. The molecule has 0 amide bonds. The van der Waals surface area contributed by atoms with E-state index in [1.807, 2.05) is 91.9 Å². The first-order valence-corrected chi connectivity index (χ1v) is 12.1. The van der Waals surface area contributed by atoms with Crippen LogP contribution in [0.3, 0.4) is 0 Å². The van der Waals surface area contributed by atoms with Crippen LogP contribution in [0.1, 0.15) is 33.2 Å². The zero-order chi connectivity index (χ0) is 25.6. The lowest BCUT2D eigenvalue weighted by Gasteiger charge is -2.07. The number of carbonyl (C=O) groups is 1. The molecular formula is C29H26N4O4. The van der Waals surface area contributed by atoms with Crippen molar-refractivity contribution in [3.63, 3.8) is 0 Å². The molecule has 0 spiro atoms. The highest BCUT2D eigenvalue weighted by Gasteiger charge is 2.18. The summed E-state index contributed by atoms with van der Waals surface area (Å²) in [6.07, 6.45) is 1.67. The first kappa shape index (κ1) is 24.0. The Labute approximate surface area is 214 Å². The molecule has 8 heteroatoms. The SMILES string of the molecule is Cc1oc(-c2ccccc2)nc1CCOc1cccc(CCc2nn(-c3ccccc3)nc2C(=O)O)c1. The van der Waals surface area contributed by atoms with Crippen molar-refractivity contribution in [2.75, 3.05) is 6.61 Å². The number of carboxylic acid groups (broad SMARTS) is 1. The molecular weight excluding hydrogens is 468 g/mol. The summed E-state index contributed by atoms with van der Waals surface area (Å²) in [5, 5.41) is 18.2. The van der Waals surface area contributed by atoms with Gasteiger partial charge in [0, 0.05) is 12.0 Å². The summed E-state index contributed by atoms with van der Waals surface area (Å²) in [4.78, 5) is 17.7. The Morgan fingerprint density at radius 3 is 2.41 bits per heavy atom. The summed E-state index contributed by atoms with van der Waals surface area (Å²) in [6.45, 7) is 2.37. The van der Waals surface area contributed by atoms with Crippen LogP contribution in [0.15, 0.2) is 89.3 Å². The van der Waals surface area contributed by atoms with E-state index in [0.717, 1.165) is 28.3 Å². The van der Waals surface area contributed by atoms with Gasteiger partial charge in [0.2, 0.25) is 5.89 Å². The van der Waals surface area contributed by atoms with E-state index in [9.17, 15) is 9.90 Å². The molecule has 0 aliphatic rings. The summed E-state index contributed by atoms with van der Waals surface area (Å²) in [5.41, 5.74) is 3.96. The Bertz CT molecular complexity index is 1490. The van der Waals surface area contributed by atoms with Crippen molar-refractivity contribution in [3.05, 3.63) is 113 Å². The van der Waals surface area contributed by atoms with E-state index >= 15 is 0 Å². The number of aryl methyl sites for hydroxylation is 3. The average Bonchev–Trinajstić information content (AvgIpc) is 3.53. The van der Waals surface area contributed by atoms with Gasteiger partial charge in [0.1, 0.15) is 11.5 Å². The number of ether oxygens (including phenoxy) is 1. The zero-order valence-corrected chi connectivity index (χ0v) is 20.4. The fourth-order valence-electron chi connectivity index (χ4n) is 4.03. The highest BCUT2D eigenvalue weighted by atomic mass is 16.5. The van der Waals surface area contributed by atoms with E-state index in [0.29, 0.717) is 43.1 Å². The lowest BCUT2D eigenvalue weighted by molar-refractivity contribution is 0.0688. The maximum atomic E-state index is 11.7. The number of carboxylic acids is 1. The van der Waals surface area contributed by atoms with E-state index < -0.39 is 5.97 Å². The summed E-state index contributed by atoms with van der Waals surface area (Å²) in [7, 11) is 0. The summed E-state index contributed by atoms with van der Waals surface area (Å²) >= 11 is 0. The van der Waals surface area contributed by atoms with E-state index in [2.05, 4.69) is 15.2 Å². The number of para-hydroxylation sites is 1. The molecule has 0 saturated carbocycles. The molecule has 2 heterocycles. The topological polar surface area (TPSA) is 103 Å². The zero-order valence-electron chi connectivity index (χ0n) is 20.4. The van der Waals surface area contributed by atoms with Gasteiger partial charge in [0.25, 0.3) is 0 Å². The monoisotopic (exact) mass is 494 g/mol. The largest absolute Gasteiger partial charge is 0.493 e. The molecule has 0 aliphatic heterocycles. The Morgan fingerprint density at radius 1 is 0.892 bits per heavy atom. The van der Waals surface area contributed by atoms with Gasteiger partial charge >= 0.3 is 5.97 Å². The molecule has 0 atom stereocenters. The van der Waals surface area contributed by atoms with Crippen LogP contribution < -0.4 is 4.74 Å². The average molecular weight is 495 g/mol. The highest BCUT2D eigenvalue weighted by molar-refractivity contribution is 5.86. The van der Waals surface area contributed by atoms with Crippen molar-refractivity contribution in [1.82, 2.24) is 20.0 Å². The molecule has 0 aliphatic carbocycles. The van der Waals surface area contributed by atoms with Crippen LogP contribution in [0.25, 0.3) is 17.1 Å². The number of hydrogen-bond acceptors (Lipinski definition) is 6. The quantitative estimate of drug-likeness (QED) is 0.280. The van der Waals surface area contributed by atoms with Crippen LogP contribution >= 0.6 is 0 Å². The summed E-state index contributed by atoms with van der Waals surface area (Å²) in [5.74, 6) is 1.05. The Hall–Kier alpha value is -4.72. The van der Waals surface area contributed by atoms with Crippen LogP contribution in [-0.4, -0.2) is 37.7 Å². The van der Waals surface area contributed by atoms with Gasteiger partial charge < -0.3 is 14.3 Å². The third-order valence-electron chi connectivity index (χ3n) is 5.94. The molecule has 5 aromatic rings. The lowest BCUT2D eigenvalue weighted by atomic mass is 10.1. The van der Waals surface area contributed by atoms with Gasteiger partial charge in [-0.1, -0.05) is 48.5 Å². The third kappa shape index (κ3) is 5.75. The molecule has 2 aromatic heterocycles. The van der Waals surface area contributed by atoms with Crippen molar-refractivity contribution < 1.29 is 19.1 Å². The third-order valence-corrected chi connectivity index (χ3v) is 5.94. The first-order chi connectivity index (χ1) is 18.1. The van der Waals surface area contributed by atoms with Crippen molar-refractivity contribution in [1.29, 1.82) is 0 Å². The van der Waals surface area contributed by atoms with Crippen LogP contribution in [0.2, 0.25) is 0 Å². The number of aromatic nitrogens is 4. The minimum absolute atomic E-state index is 0.0332. The van der Waals surface area contributed by atoms with Crippen molar-refractivity contribution in [2.24, 2.45) is 0 Å². The van der Waals surface area contributed by atoms with Crippen molar-refractivity contribution >= 4 is 5.97 Å². The Kier molecular flexibility index (Phi) is 7.07. The van der Waals surface area contributed by atoms with Gasteiger partial charge in [-0.2, -0.15) is 9.90 Å². The number of benzene rings is 3. The summed E-state index contributed by atoms with van der Waals surface area (Å²) in [6, 6.07) is 26.9. The molecule has 0 saturated heterocycles. The second kappa shape index (κ2) is 10.9. The fourth-order valence-corrected chi connectivity index (χ4v) is 4.03. The molecule has 5 rings (SSSR count). The second-order valence-electron chi connectivity index (χ2n) is 8.56. The smallest absolute Gasteiger partial charge is 0.358 e. The van der Waals surface area contributed by atoms with Gasteiger partial charge in [0.15, 0.2) is 5.69 Å². The molecule has 3 aromatic carbocycles. The van der Waals surface area contributed by atoms with Crippen LogP contribution in [0, 0.1) is 6.92 Å². The number of hydrogen-bond donors (Lipinski definition) is 1. The lowest BCUT2D eigenvalue weighted by Crippen LogP contribution is -2.04. The molecule has 0 bridgehead atoms. The molecule has 0 fully saturated rings. The van der Waals surface area contributed by atoms with Gasteiger partial charge in [0.05, 0.1) is 23.7 Å². The van der Waals surface area contributed by atoms with E-state index in [1.165, 1.54) is 4.80 Å². The standard InChI is InChI=1S/C29H26N4O4/c1-20-25(30-28(37-20)22-10-4-2-5-11-22)17-18-36-24-14-8-9-21(19-24)15-16-26-27(29(34)35)32-33(31-26)23-12-6-3-7-13-23/h2-14,19H,15-18H2,1H3,(H,34,35). The highest BCUT2D eigenvalue weighted by Crippen LogP contribution is 2.22. The van der Waals surface area contributed by atoms with E-state index in [1.54, 1.807) is 0 Å². The van der Waals surface area contributed by atoms with Gasteiger partial charge in [-0.15, -0.1) is 5.10 Å². The van der Waals surface area contributed by atoms with E-state index in [-0.39, 0.29) is 5.69 Å². The van der Waals surface area contributed by atoms with Gasteiger partial charge in [-0.3, -0.25) is 0 Å². The number of aromatic carboxylic acids is 1. The molecule has 0 unspecified atom stereocenters. The second-order valence-corrected chi connectivity index (χ2v) is 8.56. The van der Waals surface area contributed by atoms with Crippen LogP contribution in [0.4, 0.5) is 0 Å². The molecule has 8 nitrogen and oxygen atoms in total.